The van der Waals surface area contributed by atoms with Crippen molar-refractivity contribution in [3.05, 3.63) is 41.7 Å². The van der Waals surface area contributed by atoms with Crippen LogP contribution in [0.3, 0.4) is 0 Å². The van der Waals surface area contributed by atoms with Crippen LogP contribution in [0.1, 0.15) is 50.2 Å². The predicted molar refractivity (Wildman–Crippen MR) is 75.5 cm³/mol. The highest BCUT2D eigenvalue weighted by Gasteiger charge is 2.34. The van der Waals surface area contributed by atoms with Gasteiger partial charge in [-0.1, -0.05) is 26.0 Å². The summed E-state index contributed by atoms with van der Waals surface area (Å²) in [7, 11) is 0. The summed E-state index contributed by atoms with van der Waals surface area (Å²) in [5.74, 6) is 0.502. The van der Waals surface area contributed by atoms with E-state index in [2.05, 4.69) is 37.0 Å². The minimum absolute atomic E-state index is 0.0813. The Labute approximate surface area is 108 Å². The number of hydrogen-bond donors (Lipinski definition) is 1. The van der Waals surface area contributed by atoms with E-state index in [0.29, 0.717) is 5.92 Å². The molecule has 0 radical (unpaired) electrons. The third-order valence-corrected chi connectivity index (χ3v) is 4.23. The fraction of sp³-hybridized carbons (Fsp3) is 0.438. The summed E-state index contributed by atoms with van der Waals surface area (Å²) in [6, 6.07) is 6.65. The van der Waals surface area contributed by atoms with Crippen LogP contribution < -0.4 is 5.73 Å². The molecule has 18 heavy (non-hydrogen) atoms. The van der Waals surface area contributed by atoms with Gasteiger partial charge in [0.2, 0.25) is 0 Å². The van der Waals surface area contributed by atoms with E-state index < -0.39 is 0 Å². The Kier molecular flexibility index (Phi) is 2.63. The van der Waals surface area contributed by atoms with Crippen LogP contribution in [0.5, 0.6) is 0 Å². The quantitative estimate of drug-likeness (QED) is 0.869. The molecule has 94 valence electrons. The Morgan fingerprint density at radius 1 is 1.22 bits per heavy atom. The molecule has 0 aliphatic heterocycles. The Hall–Kier alpha value is -1.41. The minimum Gasteiger partial charge on any atom is -0.321 e. The molecule has 0 atom stereocenters. The van der Waals surface area contributed by atoms with Crippen molar-refractivity contribution in [3.8, 4) is 0 Å². The molecular weight excluding hydrogens is 220 g/mol. The van der Waals surface area contributed by atoms with Gasteiger partial charge in [-0.15, -0.1) is 0 Å². The number of rotatable bonds is 2. The monoisotopic (exact) mass is 240 g/mol. The molecule has 2 aromatic rings. The maximum Gasteiger partial charge on any atom is 0.0409 e. The molecule has 1 aliphatic carbocycles. The lowest BCUT2D eigenvalue weighted by molar-refractivity contribution is 0.254. The molecule has 0 saturated heterocycles. The minimum atomic E-state index is -0.0813. The van der Waals surface area contributed by atoms with E-state index in [-0.39, 0.29) is 5.54 Å². The molecular formula is C16H20N2. The van der Waals surface area contributed by atoms with E-state index in [9.17, 15) is 0 Å². The van der Waals surface area contributed by atoms with E-state index in [4.69, 9.17) is 5.73 Å². The van der Waals surface area contributed by atoms with Crippen molar-refractivity contribution in [1.82, 2.24) is 4.98 Å². The van der Waals surface area contributed by atoms with Gasteiger partial charge in [0.15, 0.2) is 0 Å². The first kappa shape index (κ1) is 11.7. The fourth-order valence-electron chi connectivity index (χ4n) is 2.82. The van der Waals surface area contributed by atoms with E-state index in [0.717, 1.165) is 12.8 Å². The van der Waals surface area contributed by atoms with Gasteiger partial charge >= 0.3 is 0 Å². The van der Waals surface area contributed by atoms with Gasteiger partial charge in [-0.2, -0.15) is 0 Å². The van der Waals surface area contributed by atoms with Crippen LogP contribution in [0, 0.1) is 0 Å². The first-order valence-electron chi connectivity index (χ1n) is 6.77. The van der Waals surface area contributed by atoms with Gasteiger partial charge in [-0.25, -0.2) is 0 Å². The number of aromatic nitrogens is 1. The Morgan fingerprint density at radius 3 is 2.61 bits per heavy atom. The first-order valence-corrected chi connectivity index (χ1v) is 6.77. The SMILES string of the molecule is CC(C)c1cncc2cc(C3(N)CCC3)ccc12. The third kappa shape index (κ3) is 1.72. The van der Waals surface area contributed by atoms with Gasteiger partial charge in [-0.3, -0.25) is 4.98 Å². The van der Waals surface area contributed by atoms with Crippen LogP contribution in [-0.2, 0) is 5.54 Å². The smallest absolute Gasteiger partial charge is 0.0409 e. The summed E-state index contributed by atoms with van der Waals surface area (Å²) in [6.07, 6.45) is 7.39. The average Bonchev–Trinajstić information content (AvgIpc) is 2.34. The molecule has 3 rings (SSSR count). The normalized spacial score (nSPS) is 18.0. The highest BCUT2D eigenvalue weighted by Crippen LogP contribution is 2.39. The van der Waals surface area contributed by atoms with Crippen molar-refractivity contribution in [2.75, 3.05) is 0 Å². The van der Waals surface area contributed by atoms with E-state index in [1.165, 1.54) is 28.3 Å². The van der Waals surface area contributed by atoms with Crippen LogP contribution >= 0.6 is 0 Å². The number of benzene rings is 1. The highest BCUT2D eigenvalue weighted by atomic mass is 14.8. The largest absolute Gasteiger partial charge is 0.321 e. The average molecular weight is 240 g/mol. The molecule has 0 amide bonds. The van der Waals surface area contributed by atoms with Crippen LogP contribution in [0.2, 0.25) is 0 Å². The molecule has 2 N–H and O–H groups in total. The topological polar surface area (TPSA) is 38.9 Å². The number of nitrogens with two attached hydrogens (primary N) is 1. The third-order valence-electron chi connectivity index (χ3n) is 4.23. The maximum absolute atomic E-state index is 6.39. The molecule has 1 saturated carbocycles. The summed E-state index contributed by atoms with van der Waals surface area (Å²) in [5.41, 5.74) is 8.90. The molecule has 0 unspecified atom stereocenters. The van der Waals surface area contributed by atoms with Gasteiger partial charge in [-0.05, 0) is 47.8 Å². The molecule has 2 heteroatoms. The van der Waals surface area contributed by atoms with Crippen LogP contribution in [-0.4, -0.2) is 4.98 Å². The molecule has 2 nitrogen and oxygen atoms in total. The zero-order valence-corrected chi connectivity index (χ0v) is 11.1. The summed E-state index contributed by atoms with van der Waals surface area (Å²) >= 11 is 0. The summed E-state index contributed by atoms with van der Waals surface area (Å²) < 4.78 is 0. The molecule has 1 fully saturated rings. The molecule has 1 aliphatic rings. The number of pyridine rings is 1. The summed E-state index contributed by atoms with van der Waals surface area (Å²) in [4.78, 5) is 4.36. The van der Waals surface area contributed by atoms with Crippen molar-refractivity contribution in [2.45, 2.75) is 44.6 Å². The predicted octanol–water partition coefficient (Wildman–Crippen LogP) is 3.70. The molecule has 0 bridgehead atoms. The van der Waals surface area contributed by atoms with Crippen LogP contribution in [0.4, 0.5) is 0 Å². The zero-order valence-electron chi connectivity index (χ0n) is 11.1. The van der Waals surface area contributed by atoms with Crippen LogP contribution in [0.15, 0.2) is 30.6 Å². The molecule has 0 spiro atoms. The van der Waals surface area contributed by atoms with Gasteiger partial charge < -0.3 is 5.73 Å². The van der Waals surface area contributed by atoms with Crippen LogP contribution in [0.25, 0.3) is 10.8 Å². The second-order valence-corrected chi connectivity index (χ2v) is 5.83. The number of nitrogens with zero attached hydrogens (tertiary/aromatic N) is 1. The standard InChI is InChI=1S/C16H20N2/c1-11(2)15-10-18-9-12-8-13(4-5-14(12)15)16(17)6-3-7-16/h4-5,8-11H,3,6-7,17H2,1-2H3. The highest BCUT2D eigenvalue weighted by molar-refractivity contribution is 5.86. The Bertz CT molecular complexity index is 583. The van der Waals surface area contributed by atoms with Crippen molar-refractivity contribution in [3.63, 3.8) is 0 Å². The van der Waals surface area contributed by atoms with Gasteiger partial charge in [0.1, 0.15) is 0 Å². The Morgan fingerprint density at radius 2 is 2.00 bits per heavy atom. The van der Waals surface area contributed by atoms with Gasteiger partial charge in [0.05, 0.1) is 0 Å². The number of hydrogen-bond acceptors (Lipinski definition) is 2. The lowest BCUT2D eigenvalue weighted by Crippen LogP contribution is -2.43. The lowest BCUT2D eigenvalue weighted by Gasteiger charge is -2.38. The molecule has 1 aromatic carbocycles. The maximum atomic E-state index is 6.39. The van der Waals surface area contributed by atoms with Gasteiger partial charge in [0.25, 0.3) is 0 Å². The van der Waals surface area contributed by atoms with E-state index >= 15 is 0 Å². The lowest BCUT2D eigenvalue weighted by atomic mass is 9.72. The second kappa shape index (κ2) is 4.06. The van der Waals surface area contributed by atoms with E-state index in [1.54, 1.807) is 0 Å². The zero-order chi connectivity index (χ0) is 12.8. The van der Waals surface area contributed by atoms with Crippen molar-refractivity contribution >= 4 is 10.8 Å². The molecule has 1 aromatic heterocycles. The van der Waals surface area contributed by atoms with Crippen molar-refractivity contribution in [1.29, 1.82) is 0 Å². The first-order chi connectivity index (χ1) is 8.60. The summed E-state index contributed by atoms with van der Waals surface area (Å²) in [5, 5.41) is 2.53. The summed E-state index contributed by atoms with van der Waals surface area (Å²) in [6.45, 7) is 4.42. The fourth-order valence-corrected chi connectivity index (χ4v) is 2.82. The number of fused-ring (bicyclic) bond motifs is 1. The van der Waals surface area contributed by atoms with Gasteiger partial charge in [0, 0.05) is 23.3 Å². The van der Waals surface area contributed by atoms with Crippen molar-refractivity contribution in [2.24, 2.45) is 5.73 Å². The Balaban J connectivity index is 2.13. The van der Waals surface area contributed by atoms with Crippen molar-refractivity contribution < 1.29 is 0 Å². The van der Waals surface area contributed by atoms with E-state index in [1.807, 2.05) is 12.4 Å². The second-order valence-electron chi connectivity index (χ2n) is 5.83. The molecule has 1 heterocycles.